The van der Waals surface area contributed by atoms with Gasteiger partial charge in [0.1, 0.15) is 6.20 Å². The van der Waals surface area contributed by atoms with E-state index < -0.39 is 10.8 Å². The van der Waals surface area contributed by atoms with Gasteiger partial charge in [-0.3, -0.25) is 19.6 Å². The van der Waals surface area contributed by atoms with Gasteiger partial charge >= 0.3 is 5.69 Å². The van der Waals surface area contributed by atoms with Crippen LogP contribution in [0.1, 0.15) is 17.4 Å². The van der Waals surface area contributed by atoms with E-state index in [0.29, 0.717) is 17.3 Å². The lowest BCUT2D eigenvalue weighted by molar-refractivity contribution is -0.385. The number of nitrogens with zero attached hydrogens (tertiary/aromatic N) is 3. The zero-order valence-corrected chi connectivity index (χ0v) is 12.4. The number of carbonyl (C=O) groups is 1. The molecule has 0 unspecified atom stereocenters. The van der Waals surface area contributed by atoms with Gasteiger partial charge in [0, 0.05) is 12.2 Å². The van der Waals surface area contributed by atoms with Crippen molar-refractivity contribution in [1.29, 1.82) is 0 Å². The summed E-state index contributed by atoms with van der Waals surface area (Å²) in [6.07, 6.45) is 1.05. The minimum atomic E-state index is -0.650. The molecule has 110 valence electrons. The first-order valence-corrected chi connectivity index (χ1v) is 6.66. The van der Waals surface area contributed by atoms with Gasteiger partial charge in [0.25, 0.3) is 5.91 Å². The van der Waals surface area contributed by atoms with Crippen LogP contribution >= 0.6 is 23.2 Å². The summed E-state index contributed by atoms with van der Waals surface area (Å²) in [5.74, 6) is -0.639. The number of halogens is 2. The molecule has 0 saturated heterocycles. The number of hydrogen-bond acceptors (Lipinski definition) is 4. The van der Waals surface area contributed by atoms with Crippen molar-refractivity contribution in [3.8, 4) is 0 Å². The van der Waals surface area contributed by atoms with Crippen molar-refractivity contribution in [2.45, 2.75) is 13.5 Å². The predicted octanol–water partition coefficient (Wildman–Crippen LogP) is 3.37. The largest absolute Gasteiger partial charge is 0.320 e. The Labute approximate surface area is 129 Å². The van der Waals surface area contributed by atoms with Crippen LogP contribution in [0.2, 0.25) is 10.0 Å². The molecule has 1 N–H and O–H groups in total. The van der Waals surface area contributed by atoms with Gasteiger partial charge in [0.05, 0.1) is 15.0 Å². The highest BCUT2D eigenvalue weighted by molar-refractivity contribution is 6.42. The molecule has 0 radical (unpaired) electrons. The van der Waals surface area contributed by atoms with E-state index in [1.54, 1.807) is 13.0 Å². The third-order valence-electron chi connectivity index (χ3n) is 2.71. The van der Waals surface area contributed by atoms with Crippen molar-refractivity contribution < 1.29 is 9.72 Å². The summed E-state index contributed by atoms with van der Waals surface area (Å²) >= 11 is 11.6. The highest BCUT2D eigenvalue weighted by Gasteiger charge is 2.26. The first-order valence-electron chi connectivity index (χ1n) is 5.90. The normalized spacial score (nSPS) is 10.4. The molecule has 0 aliphatic heterocycles. The fourth-order valence-electron chi connectivity index (χ4n) is 1.75. The van der Waals surface area contributed by atoms with Crippen molar-refractivity contribution in [1.82, 2.24) is 9.78 Å². The topological polar surface area (TPSA) is 90.1 Å². The smallest absolute Gasteiger partial charge is 0.320 e. The average Bonchev–Trinajstić information content (AvgIpc) is 2.87. The fraction of sp³-hybridized carbons (Fsp3) is 0.167. The number of nitro groups is 1. The number of aromatic nitrogens is 2. The molecule has 1 aromatic heterocycles. The maximum Gasteiger partial charge on any atom is 0.320 e. The van der Waals surface area contributed by atoms with E-state index in [1.807, 2.05) is 0 Å². The maximum absolute atomic E-state index is 12.2. The molecular weight excluding hydrogens is 319 g/mol. The lowest BCUT2D eigenvalue weighted by atomic mass is 10.3. The van der Waals surface area contributed by atoms with Crippen LogP contribution in [0.4, 0.5) is 11.4 Å². The first kappa shape index (κ1) is 15.3. The zero-order chi connectivity index (χ0) is 15.6. The van der Waals surface area contributed by atoms with Crippen molar-refractivity contribution in [2.75, 3.05) is 5.32 Å². The lowest BCUT2D eigenvalue weighted by Gasteiger charge is -2.07. The highest BCUT2D eigenvalue weighted by Crippen LogP contribution is 2.26. The summed E-state index contributed by atoms with van der Waals surface area (Å²) in [4.78, 5) is 22.5. The van der Waals surface area contributed by atoms with E-state index in [2.05, 4.69) is 10.4 Å². The highest BCUT2D eigenvalue weighted by atomic mass is 35.5. The van der Waals surface area contributed by atoms with Crippen LogP contribution < -0.4 is 5.32 Å². The number of benzene rings is 1. The molecule has 1 aromatic carbocycles. The summed E-state index contributed by atoms with van der Waals surface area (Å²) in [6, 6.07) is 4.52. The van der Waals surface area contributed by atoms with Crippen LogP contribution in [0.3, 0.4) is 0 Å². The molecule has 2 aromatic rings. The molecule has 0 spiro atoms. The molecule has 0 fully saturated rings. The molecule has 7 nitrogen and oxygen atoms in total. The Morgan fingerprint density at radius 3 is 2.71 bits per heavy atom. The van der Waals surface area contributed by atoms with Crippen LogP contribution in [-0.4, -0.2) is 20.6 Å². The van der Waals surface area contributed by atoms with E-state index in [0.717, 1.165) is 6.20 Å². The van der Waals surface area contributed by atoms with Crippen molar-refractivity contribution in [3.63, 3.8) is 0 Å². The summed E-state index contributed by atoms with van der Waals surface area (Å²) in [5, 5.41) is 17.9. The Bertz CT molecular complexity index is 715. The van der Waals surface area contributed by atoms with Gasteiger partial charge in [0.2, 0.25) is 5.69 Å². The second-order valence-electron chi connectivity index (χ2n) is 4.03. The number of rotatable bonds is 4. The van der Waals surface area contributed by atoms with Gasteiger partial charge < -0.3 is 5.32 Å². The molecule has 0 aliphatic carbocycles. The third kappa shape index (κ3) is 3.14. The van der Waals surface area contributed by atoms with Crippen molar-refractivity contribution in [3.05, 3.63) is 50.2 Å². The Balaban J connectivity index is 2.33. The Morgan fingerprint density at radius 1 is 1.43 bits per heavy atom. The van der Waals surface area contributed by atoms with E-state index >= 15 is 0 Å². The summed E-state index contributed by atoms with van der Waals surface area (Å²) in [7, 11) is 0. The molecule has 2 rings (SSSR count). The number of amides is 1. The van der Waals surface area contributed by atoms with Crippen LogP contribution in [0, 0.1) is 10.1 Å². The van der Waals surface area contributed by atoms with Crippen molar-refractivity contribution in [2.24, 2.45) is 0 Å². The molecule has 0 saturated carbocycles. The SMILES string of the molecule is CCn1ncc([N+](=O)[O-])c1C(=O)Nc1ccc(Cl)c(Cl)c1. The average molecular weight is 329 g/mol. The third-order valence-corrected chi connectivity index (χ3v) is 3.45. The number of nitrogens with one attached hydrogen (secondary N) is 1. The molecule has 1 heterocycles. The van der Waals surface area contributed by atoms with Gasteiger partial charge in [-0.25, -0.2) is 0 Å². The molecule has 0 bridgehead atoms. The van der Waals surface area contributed by atoms with Gasteiger partial charge in [-0.05, 0) is 25.1 Å². The predicted molar refractivity (Wildman–Crippen MR) is 79.0 cm³/mol. The van der Waals surface area contributed by atoms with Crippen LogP contribution in [0.15, 0.2) is 24.4 Å². The first-order chi connectivity index (χ1) is 9.93. The van der Waals surface area contributed by atoms with E-state index in [4.69, 9.17) is 23.2 Å². The minimum absolute atomic E-state index is 0.117. The maximum atomic E-state index is 12.2. The Morgan fingerprint density at radius 2 is 2.14 bits per heavy atom. The van der Waals surface area contributed by atoms with E-state index in [-0.39, 0.29) is 16.4 Å². The number of aryl methyl sites for hydroxylation is 1. The number of hydrogen-bond donors (Lipinski definition) is 1. The molecule has 21 heavy (non-hydrogen) atoms. The van der Waals surface area contributed by atoms with Crippen LogP contribution in [-0.2, 0) is 6.54 Å². The Kier molecular flexibility index (Phi) is 4.44. The summed E-state index contributed by atoms with van der Waals surface area (Å²) in [6.45, 7) is 2.06. The fourth-order valence-corrected chi connectivity index (χ4v) is 2.04. The standard InChI is InChI=1S/C12H10Cl2N4O3/c1-2-17-11(10(6-15-17)18(20)21)12(19)16-7-3-4-8(13)9(14)5-7/h3-6H,2H2,1H3,(H,16,19). The number of anilines is 1. The van der Waals surface area contributed by atoms with Gasteiger partial charge in [-0.2, -0.15) is 5.10 Å². The molecule has 0 aliphatic rings. The Hall–Kier alpha value is -2.12. The second kappa shape index (κ2) is 6.11. The van der Waals surface area contributed by atoms with Gasteiger partial charge in [-0.15, -0.1) is 0 Å². The quantitative estimate of drug-likeness (QED) is 0.688. The summed E-state index contributed by atoms with van der Waals surface area (Å²) in [5.41, 5.74) is -0.0875. The monoisotopic (exact) mass is 328 g/mol. The second-order valence-corrected chi connectivity index (χ2v) is 4.85. The number of carbonyl (C=O) groups excluding carboxylic acids is 1. The van der Waals surface area contributed by atoms with E-state index in [9.17, 15) is 14.9 Å². The van der Waals surface area contributed by atoms with Gasteiger partial charge in [-0.1, -0.05) is 23.2 Å². The molecular formula is C12H10Cl2N4O3. The van der Waals surface area contributed by atoms with Gasteiger partial charge in [0.15, 0.2) is 0 Å². The molecule has 0 atom stereocenters. The minimum Gasteiger partial charge on any atom is -0.320 e. The molecule has 9 heteroatoms. The van der Waals surface area contributed by atoms with Crippen LogP contribution in [0.5, 0.6) is 0 Å². The summed E-state index contributed by atoms with van der Waals surface area (Å²) < 4.78 is 1.25. The van der Waals surface area contributed by atoms with Crippen LogP contribution in [0.25, 0.3) is 0 Å². The van der Waals surface area contributed by atoms with E-state index in [1.165, 1.54) is 16.8 Å². The lowest BCUT2D eigenvalue weighted by Crippen LogP contribution is -2.18. The van der Waals surface area contributed by atoms with Crippen molar-refractivity contribution >= 4 is 40.5 Å². The zero-order valence-electron chi connectivity index (χ0n) is 10.8. The molecule has 1 amide bonds.